The van der Waals surface area contributed by atoms with Crippen LogP contribution < -0.4 is 0 Å². The van der Waals surface area contributed by atoms with Gasteiger partial charge in [-0.25, -0.2) is 12.7 Å². The highest BCUT2D eigenvalue weighted by Gasteiger charge is 2.37. The predicted octanol–water partition coefficient (Wildman–Crippen LogP) is 6.27. The Hall–Kier alpha value is -3.85. The van der Waals surface area contributed by atoms with E-state index in [9.17, 15) is 13.2 Å². The standard InChI is InChI=1S/C29H22ClNO3S/c1-22-16-19-25(20-17-22)35(33,34)31(29(32)24-12-6-3-7-13-24)28(26-14-8-9-15-27(26)30)21-18-23-10-4-2-5-11-23/h2-17,19-20,28H,1H3. The van der Waals surface area contributed by atoms with Crippen LogP contribution in [0.5, 0.6) is 0 Å². The van der Waals surface area contributed by atoms with E-state index in [1.54, 1.807) is 66.7 Å². The second kappa shape index (κ2) is 10.6. The summed E-state index contributed by atoms with van der Waals surface area (Å²) in [5, 5.41) is 0.310. The van der Waals surface area contributed by atoms with Crippen LogP contribution in [0.25, 0.3) is 0 Å². The van der Waals surface area contributed by atoms with Crippen LogP contribution in [0.3, 0.4) is 0 Å². The van der Waals surface area contributed by atoms with Gasteiger partial charge in [-0.15, -0.1) is 0 Å². The first-order valence-corrected chi connectivity index (χ1v) is 12.7. The van der Waals surface area contributed by atoms with Gasteiger partial charge in [-0.3, -0.25) is 4.79 Å². The maximum atomic E-state index is 14.0. The lowest BCUT2D eigenvalue weighted by Crippen LogP contribution is -2.39. The quantitative estimate of drug-likeness (QED) is 0.304. The Bertz CT molecular complexity index is 1490. The van der Waals surface area contributed by atoms with Crippen molar-refractivity contribution in [1.82, 2.24) is 4.31 Å². The fraction of sp³-hybridized carbons (Fsp3) is 0.0690. The maximum absolute atomic E-state index is 14.0. The molecule has 0 aliphatic rings. The topological polar surface area (TPSA) is 54.5 Å². The molecule has 0 aromatic heterocycles. The first kappa shape index (κ1) is 24.3. The third kappa shape index (κ3) is 5.46. The predicted molar refractivity (Wildman–Crippen MR) is 138 cm³/mol. The van der Waals surface area contributed by atoms with Crippen LogP contribution in [0.4, 0.5) is 0 Å². The van der Waals surface area contributed by atoms with Crippen molar-refractivity contribution in [1.29, 1.82) is 0 Å². The second-order valence-electron chi connectivity index (χ2n) is 7.84. The molecule has 0 saturated carbocycles. The molecule has 0 bridgehead atoms. The summed E-state index contributed by atoms with van der Waals surface area (Å²) < 4.78 is 28.8. The van der Waals surface area contributed by atoms with E-state index in [2.05, 4.69) is 11.8 Å². The molecular formula is C29H22ClNO3S. The van der Waals surface area contributed by atoms with E-state index < -0.39 is 22.0 Å². The zero-order valence-electron chi connectivity index (χ0n) is 18.9. The number of halogens is 1. The molecule has 4 rings (SSSR count). The molecule has 0 spiro atoms. The Morgan fingerprint density at radius 3 is 2.00 bits per heavy atom. The molecule has 0 fully saturated rings. The monoisotopic (exact) mass is 499 g/mol. The van der Waals surface area contributed by atoms with Gasteiger partial charge in [0.1, 0.15) is 6.04 Å². The molecule has 0 aliphatic carbocycles. The highest BCUT2D eigenvalue weighted by Crippen LogP contribution is 2.33. The number of nitrogens with zero attached hydrogens (tertiary/aromatic N) is 1. The summed E-state index contributed by atoms with van der Waals surface area (Å²) in [6.07, 6.45) is 0. The fourth-order valence-corrected chi connectivity index (χ4v) is 5.24. The molecule has 4 nitrogen and oxygen atoms in total. The number of rotatable bonds is 5. The Labute approximate surface area is 210 Å². The summed E-state index contributed by atoms with van der Waals surface area (Å²) in [7, 11) is -4.31. The van der Waals surface area contributed by atoms with Gasteiger partial charge in [-0.1, -0.05) is 95.7 Å². The van der Waals surface area contributed by atoms with Gasteiger partial charge in [0.15, 0.2) is 0 Å². The number of hydrogen-bond acceptors (Lipinski definition) is 3. The molecule has 4 aromatic rings. The molecule has 6 heteroatoms. The minimum Gasteiger partial charge on any atom is -0.268 e. The fourth-order valence-electron chi connectivity index (χ4n) is 3.53. The molecule has 1 atom stereocenters. The Balaban J connectivity index is 1.96. The number of amides is 1. The minimum absolute atomic E-state index is 0.00838. The van der Waals surface area contributed by atoms with E-state index in [0.717, 1.165) is 9.87 Å². The Morgan fingerprint density at radius 1 is 0.800 bits per heavy atom. The lowest BCUT2D eigenvalue weighted by Gasteiger charge is -2.29. The maximum Gasteiger partial charge on any atom is 0.269 e. The number of carbonyl (C=O) groups excluding carboxylic acids is 1. The molecule has 0 radical (unpaired) electrons. The van der Waals surface area contributed by atoms with Crippen LogP contribution in [-0.2, 0) is 10.0 Å². The van der Waals surface area contributed by atoms with Gasteiger partial charge in [-0.2, -0.15) is 0 Å². The van der Waals surface area contributed by atoms with Crippen molar-refractivity contribution in [2.45, 2.75) is 17.9 Å². The van der Waals surface area contributed by atoms with Gasteiger partial charge in [0.2, 0.25) is 0 Å². The first-order chi connectivity index (χ1) is 16.9. The van der Waals surface area contributed by atoms with Crippen LogP contribution in [0.2, 0.25) is 5.02 Å². The SMILES string of the molecule is Cc1ccc(S(=O)(=O)N(C(=O)c2ccccc2)C(C#Cc2ccccc2)c2ccccc2Cl)cc1. The van der Waals surface area contributed by atoms with Crippen molar-refractivity contribution in [3.8, 4) is 11.8 Å². The highest BCUT2D eigenvalue weighted by atomic mass is 35.5. The van der Waals surface area contributed by atoms with Crippen molar-refractivity contribution < 1.29 is 13.2 Å². The van der Waals surface area contributed by atoms with Crippen molar-refractivity contribution in [2.75, 3.05) is 0 Å². The summed E-state index contributed by atoms with van der Waals surface area (Å²) in [5.41, 5.74) is 2.22. The van der Waals surface area contributed by atoms with Crippen molar-refractivity contribution in [2.24, 2.45) is 0 Å². The summed E-state index contributed by atoms with van der Waals surface area (Å²) in [5.74, 6) is 5.35. The van der Waals surface area contributed by atoms with Gasteiger partial charge < -0.3 is 0 Å². The zero-order chi connectivity index (χ0) is 24.8. The van der Waals surface area contributed by atoms with Gasteiger partial charge >= 0.3 is 0 Å². The van der Waals surface area contributed by atoms with Crippen molar-refractivity contribution in [3.63, 3.8) is 0 Å². The smallest absolute Gasteiger partial charge is 0.268 e. The lowest BCUT2D eigenvalue weighted by atomic mass is 10.1. The molecular weight excluding hydrogens is 478 g/mol. The third-order valence-electron chi connectivity index (χ3n) is 5.36. The summed E-state index contributed by atoms with van der Waals surface area (Å²) >= 11 is 6.51. The largest absolute Gasteiger partial charge is 0.269 e. The van der Waals surface area contributed by atoms with Crippen LogP contribution in [-0.4, -0.2) is 18.6 Å². The molecule has 1 unspecified atom stereocenters. The van der Waals surface area contributed by atoms with E-state index in [-0.39, 0.29) is 10.5 Å². The Morgan fingerprint density at radius 2 is 1.37 bits per heavy atom. The van der Waals surface area contributed by atoms with Crippen LogP contribution in [0, 0.1) is 18.8 Å². The number of sulfonamides is 1. The minimum atomic E-state index is -4.31. The summed E-state index contributed by atoms with van der Waals surface area (Å²) in [6, 6.07) is 29.5. The Kier molecular flexibility index (Phi) is 7.36. The summed E-state index contributed by atoms with van der Waals surface area (Å²) in [4.78, 5) is 13.8. The number of aryl methyl sites for hydroxylation is 1. The summed E-state index contributed by atoms with van der Waals surface area (Å²) in [6.45, 7) is 1.86. The van der Waals surface area contributed by atoms with Crippen LogP contribution in [0.1, 0.15) is 33.1 Å². The normalized spacial score (nSPS) is 11.7. The second-order valence-corrected chi connectivity index (χ2v) is 10.1. The molecule has 0 saturated heterocycles. The van der Waals surface area contributed by atoms with Crippen LogP contribution in [0.15, 0.2) is 114 Å². The van der Waals surface area contributed by atoms with E-state index in [4.69, 9.17) is 11.6 Å². The molecule has 35 heavy (non-hydrogen) atoms. The number of benzene rings is 4. The molecule has 0 aliphatic heterocycles. The van der Waals surface area contributed by atoms with Gasteiger partial charge in [0.05, 0.1) is 4.90 Å². The van der Waals surface area contributed by atoms with Gasteiger partial charge in [-0.05, 0) is 49.4 Å². The number of carbonyl (C=O) groups is 1. The average Bonchev–Trinajstić information content (AvgIpc) is 2.88. The van der Waals surface area contributed by atoms with E-state index in [1.165, 1.54) is 12.1 Å². The van der Waals surface area contributed by atoms with Crippen molar-refractivity contribution >= 4 is 27.5 Å². The van der Waals surface area contributed by atoms with E-state index >= 15 is 0 Å². The highest BCUT2D eigenvalue weighted by molar-refractivity contribution is 7.89. The van der Waals surface area contributed by atoms with Gasteiger partial charge in [0.25, 0.3) is 15.9 Å². The lowest BCUT2D eigenvalue weighted by molar-refractivity contribution is 0.0841. The van der Waals surface area contributed by atoms with Gasteiger partial charge in [0, 0.05) is 21.7 Å². The molecule has 1 amide bonds. The molecule has 0 heterocycles. The first-order valence-electron chi connectivity index (χ1n) is 10.9. The average molecular weight is 500 g/mol. The zero-order valence-corrected chi connectivity index (χ0v) is 20.5. The van der Waals surface area contributed by atoms with E-state index in [1.807, 2.05) is 37.3 Å². The number of hydrogen-bond donors (Lipinski definition) is 0. The molecule has 4 aromatic carbocycles. The molecule has 0 N–H and O–H groups in total. The van der Waals surface area contributed by atoms with Crippen LogP contribution >= 0.6 is 11.6 Å². The van der Waals surface area contributed by atoms with Crippen molar-refractivity contribution in [3.05, 3.63) is 136 Å². The molecule has 174 valence electrons. The van der Waals surface area contributed by atoms with E-state index in [0.29, 0.717) is 16.1 Å². The third-order valence-corrected chi connectivity index (χ3v) is 7.47.